The normalized spacial score (nSPS) is 14.0. The van der Waals surface area contributed by atoms with Crippen molar-refractivity contribution in [3.8, 4) is 0 Å². The van der Waals surface area contributed by atoms with Crippen LogP contribution in [0.25, 0.3) is 0 Å². The lowest BCUT2D eigenvalue weighted by Gasteiger charge is -2.26. The largest absolute Gasteiger partial charge is 0.465 e. The summed E-state index contributed by atoms with van der Waals surface area (Å²) in [4.78, 5) is 38.3. The Morgan fingerprint density at radius 3 is 1.22 bits per heavy atom. The molecule has 0 unspecified atom stereocenters. The summed E-state index contributed by atoms with van der Waals surface area (Å²) in [5.74, 6) is -1.77. The molecule has 0 aliphatic heterocycles. The standard InChI is InChI=1S/C30H56O7/c1-7-13-16-24(10-4)21-35-27(31)19-30(34,29(33)37-23-26(12-6)18-15-9-3)20-28(32)36-22-25(11-5)17-14-8-2/h24-26,34H,7-23H2,1-6H3/t24-,25-,26+/m0/s1. The summed E-state index contributed by atoms with van der Waals surface area (Å²) in [6, 6.07) is 0. The van der Waals surface area contributed by atoms with E-state index in [4.69, 9.17) is 14.2 Å². The summed E-state index contributed by atoms with van der Waals surface area (Å²) in [7, 11) is 0. The zero-order valence-corrected chi connectivity index (χ0v) is 24.6. The van der Waals surface area contributed by atoms with E-state index in [0.29, 0.717) is 0 Å². The molecule has 218 valence electrons. The fraction of sp³-hybridized carbons (Fsp3) is 0.900. The van der Waals surface area contributed by atoms with Crippen molar-refractivity contribution in [2.24, 2.45) is 17.8 Å². The molecule has 0 bridgehead atoms. The molecule has 3 atom stereocenters. The topological polar surface area (TPSA) is 99.1 Å². The van der Waals surface area contributed by atoms with E-state index in [1.807, 2.05) is 20.8 Å². The molecule has 7 heteroatoms. The molecule has 0 rings (SSSR count). The van der Waals surface area contributed by atoms with E-state index in [9.17, 15) is 19.5 Å². The number of esters is 3. The molecule has 0 aromatic carbocycles. The lowest BCUT2D eigenvalue weighted by atomic mass is 9.95. The molecule has 0 fully saturated rings. The summed E-state index contributed by atoms with van der Waals surface area (Å²) in [5.41, 5.74) is -2.31. The van der Waals surface area contributed by atoms with E-state index in [0.717, 1.165) is 77.0 Å². The highest BCUT2D eigenvalue weighted by molar-refractivity contribution is 5.90. The SMILES string of the molecule is CCCC[C@@H](CC)COC(=O)C(O)(CC(=O)OC[C@@H](CC)CCCC)CC(=O)OC[C@@H](CC)CCCC. The molecule has 0 saturated carbocycles. The smallest absolute Gasteiger partial charge is 0.339 e. The third-order valence-corrected chi connectivity index (χ3v) is 7.29. The molecule has 0 spiro atoms. The molecule has 0 aliphatic carbocycles. The lowest BCUT2D eigenvalue weighted by molar-refractivity contribution is -0.179. The Labute approximate surface area is 226 Å². The Morgan fingerprint density at radius 2 is 0.919 bits per heavy atom. The molecule has 37 heavy (non-hydrogen) atoms. The van der Waals surface area contributed by atoms with Crippen LogP contribution in [0.3, 0.4) is 0 Å². The monoisotopic (exact) mass is 528 g/mol. The van der Waals surface area contributed by atoms with Crippen LogP contribution in [0, 0.1) is 17.8 Å². The second-order valence-corrected chi connectivity index (χ2v) is 10.6. The quantitative estimate of drug-likeness (QED) is 0.115. The van der Waals surface area contributed by atoms with Crippen molar-refractivity contribution in [3.05, 3.63) is 0 Å². The fourth-order valence-corrected chi connectivity index (χ4v) is 4.23. The van der Waals surface area contributed by atoms with Crippen molar-refractivity contribution in [3.63, 3.8) is 0 Å². The van der Waals surface area contributed by atoms with Crippen LogP contribution in [0.1, 0.15) is 131 Å². The van der Waals surface area contributed by atoms with Crippen LogP contribution < -0.4 is 0 Å². The molecule has 7 nitrogen and oxygen atoms in total. The number of hydrogen-bond acceptors (Lipinski definition) is 7. The van der Waals surface area contributed by atoms with Crippen molar-refractivity contribution in [1.29, 1.82) is 0 Å². The van der Waals surface area contributed by atoms with Crippen molar-refractivity contribution < 1.29 is 33.7 Å². The number of ether oxygens (including phenoxy) is 3. The van der Waals surface area contributed by atoms with Crippen LogP contribution in [0.15, 0.2) is 0 Å². The average Bonchev–Trinajstić information content (AvgIpc) is 2.88. The van der Waals surface area contributed by atoms with Gasteiger partial charge in [0.1, 0.15) is 0 Å². The van der Waals surface area contributed by atoms with Crippen LogP contribution in [0.2, 0.25) is 0 Å². The number of unbranched alkanes of at least 4 members (excludes halogenated alkanes) is 3. The highest BCUT2D eigenvalue weighted by Crippen LogP contribution is 2.23. The molecule has 0 radical (unpaired) electrons. The predicted molar refractivity (Wildman–Crippen MR) is 147 cm³/mol. The van der Waals surface area contributed by atoms with Gasteiger partial charge in [-0.15, -0.1) is 0 Å². The van der Waals surface area contributed by atoms with Gasteiger partial charge in [0.25, 0.3) is 0 Å². The Kier molecular flexibility index (Phi) is 20.4. The third-order valence-electron chi connectivity index (χ3n) is 7.29. The molecular weight excluding hydrogens is 472 g/mol. The molecule has 0 aromatic heterocycles. The maximum atomic E-state index is 13.0. The van der Waals surface area contributed by atoms with Crippen molar-refractivity contribution in [2.45, 2.75) is 137 Å². The molecule has 0 aromatic rings. The van der Waals surface area contributed by atoms with Gasteiger partial charge in [0.2, 0.25) is 0 Å². The zero-order valence-electron chi connectivity index (χ0n) is 24.6. The van der Waals surface area contributed by atoms with E-state index in [1.54, 1.807) is 0 Å². The molecular formula is C30H56O7. The van der Waals surface area contributed by atoms with Gasteiger partial charge in [0.05, 0.1) is 32.7 Å². The first kappa shape index (κ1) is 35.4. The predicted octanol–water partition coefficient (Wildman–Crippen LogP) is 6.78. The van der Waals surface area contributed by atoms with Gasteiger partial charge in [-0.25, -0.2) is 4.79 Å². The van der Waals surface area contributed by atoms with Gasteiger partial charge in [-0.1, -0.05) is 99.3 Å². The lowest BCUT2D eigenvalue weighted by Crippen LogP contribution is -2.45. The molecule has 0 aliphatic rings. The minimum Gasteiger partial charge on any atom is -0.465 e. The van der Waals surface area contributed by atoms with Crippen molar-refractivity contribution >= 4 is 17.9 Å². The Morgan fingerprint density at radius 1 is 0.595 bits per heavy atom. The Bertz CT molecular complexity index is 585. The second-order valence-electron chi connectivity index (χ2n) is 10.6. The minimum absolute atomic E-state index is 0.144. The van der Waals surface area contributed by atoms with Crippen LogP contribution >= 0.6 is 0 Å². The van der Waals surface area contributed by atoms with Gasteiger partial charge in [0, 0.05) is 0 Å². The third kappa shape index (κ3) is 16.0. The molecule has 0 saturated heterocycles. The number of carbonyl (C=O) groups is 3. The van der Waals surface area contributed by atoms with Crippen LogP contribution in [-0.4, -0.2) is 48.4 Å². The van der Waals surface area contributed by atoms with E-state index in [2.05, 4.69) is 20.8 Å². The van der Waals surface area contributed by atoms with Crippen LogP contribution in [0.4, 0.5) is 0 Å². The maximum Gasteiger partial charge on any atom is 0.339 e. The number of rotatable bonds is 23. The van der Waals surface area contributed by atoms with Crippen molar-refractivity contribution in [2.75, 3.05) is 19.8 Å². The van der Waals surface area contributed by atoms with E-state index >= 15 is 0 Å². The van der Waals surface area contributed by atoms with Gasteiger partial charge in [-0.3, -0.25) is 9.59 Å². The summed E-state index contributed by atoms with van der Waals surface area (Å²) in [6.45, 7) is 13.1. The summed E-state index contributed by atoms with van der Waals surface area (Å²) < 4.78 is 16.3. The summed E-state index contributed by atoms with van der Waals surface area (Å²) in [6.07, 6.45) is 10.4. The molecule has 0 heterocycles. The molecule has 0 amide bonds. The summed E-state index contributed by atoms with van der Waals surface area (Å²) >= 11 is 0. The van der Waals surface area contributed by atoms with Crippen LogP contribution in [-0.2, 0) is 28.6 Å². The van der Waals surface area contributed by atoms with Crippen molar-refractivity contribution in [1.82, 2.24) is 0 Å². The van der Waals surface area contributed by atoms with Gasteiger partial charge < -0.3 is 19.3 Å². The summed E-state index contributed by atoms with van der Waals surface area (Å²) in [5, 5.41) is 11.2. The van der Waals surface area contributed by atoms with E-state index < -0.39 is 36.4 Å². The zero-order chi connectivity index (χ0) is 28.1. The first-order valence-electron chi connectivity index (χ1n) is 14.9. The van der Waals surface area contributed by atoms with E-state index in [-0.39, 0.29) is 37.6 Å². The minimum atomic E-state index is -2.31. The number of hydrogen-bond donors (Lipinski definition) is 1. The maximum absolute atomic E-state index is 13.0. The van der Waals surface area contributed by atoms with Gasteiger partial charge in [-0.05, 0) is 37.0 Å². The highest BCUT2D eigenvalue weighted by Gasteiger charge is 2.43. The Balaban J connectivity index is 5.29. The molecule has 1 N–H and O–H groups in total. The Hall–Kier alpha value is -1.63. The number of carbonyl (C=O) groups excluding carboxylic acids is 3. The fourth-order valence-electron chi connectivity index (χ4n) is 4.23. The van der Waals surface area contributed by atoms with Crippen LogP contribution in [0.5, 0.6) is 0 Å². The van der Waals surface area contributed by atoms with Gasteiger partial charge in [-0.2, -0.15) is 0 Å². The highest BCUT2D eigenvalue weighted by atomic mass is 16.6. The second kappa shape index (κ2) is 21.3. The first-order valence-corrected chi connectivity index (χ1v) is 14.9. The van der Waals surface area contributed by atoms with Gasteiger partial charge in [0.15, 0.2) is 5.60 Å². The number of aliphatic hydroxyl groups is 1. The first-order chi connectivity index (χ1) is 17.7. The average molecular weight is 529 g/mol. The van der Waals surface area contributed by atoms with Gasteiger partial charge >= 0.3 is 17.9 Å². The van der Waals surface area contributed by atoms with E-state index in [1.165, 1.54) is 0 Å².